The molecule has 17 heavy (non-hydrogen) atoms. The molecule has 0 spiro atoms. The van der Waals surface area contributed by atoms with Gasteiger partial charge >= 0.3 is 0 Å². The molecule has 1 amide bonds. The first-order chi connectivity index (χ1) is 8.04. The van der Waals surface area contributed by atoms with Gasteiger partial charge in [-0.1, -0.05) is 26.0 Å². The van der Waals surface area contributed by atoms with Crippen molar-refractivity contribution < 1.29 is 4.79 Å². The summed E-state index contributed by atoms with van der Waals surface area (Å²) in [5.74, 6) is 0.334. The highest BCUT2D eigenvalue weighted by Crippen LogP contribution is 2.22. The number of rotatable bonds is 4. The molecule has 0 radical (unpaired) electrons. The predicted molar refractivity (Wildman–Crippen MR) is 68.7 cm³/mol. The van der Waals surface area contributed by atoms with Crippen molar-refractivity contribution in [2.24, 2.45) is 0 Å². The van der Waals surface area contributed by atoms with Gasteiger partial charge in [0, 0.05) is 18.5 Å². The van der Waals surface area contributed by atoms with Crippen LogP contribution in [0.25, 0.3) is 0 Å². The maximum absolute atomic E-state index is 11.5. The highest BCUT2D eigenvalue weighted by molar-refractivity contribution is 5.91. The first-order valence-corrected chi connectivity index (χ1v) is 5.82. The monoisotopic (exact) mass is 230 g/mol. The summed E-state index contributed by atoms with van der Waals surface area (Å²) in [7, 11) is 0. The number of benzene rings is 1. The van der Waals surface area contributed by atoms with Crippen LogP contribution in [0, 0.1) is 18.3 Å². The molecule has 1 N–H and O–H groups in total. The molecule has 0 heterocycles. The van der Waals surface area contributed by atoms with Gasteiger partial charge in [-0.25, -0.2) is 0 Å². The number of aryl methyl sites for hydroxylation is 1. The van der Waals surface area contributed by atoms with Crippen molar-refractivity contribution in [3.63, 3.8) is 0 Å². The van der Waals surface area contributed by atoms with E-state index >= 15 is 0 Å². The number of carbonyl (C=O) groups excluding carboxylic acids is 1. The van der Waals surface area contributed by atoms with Crippen LogP contribution in [0.4, 0.5) is 5.69 Å². The number of nitriles is 1. The summed E-state index contributed by atoms with van der Waals surface area (Å²) in [4.78, 5) is 11.5. The quantitative estimate of drug-likeness (QED) is 0.862. The maximum Gasteiger partial charge on any atom is 0.225 e. The Bertz CT molecular complexity index is 444. The van der Waals surface area contributed by atoms with Crippen LogP contribution in [0.1, 0.15) is 43.7 Å². The fraction of sp³-hybridized carbons (Fsp3) is 0.429. The van der Waals surface area contributed by atoms with Crippen molar-refractivity contribution in [3.05, 3.63) is 29.3 Å². The Balaban J connectivity index is 2.79. The Labute approximate surface area is 102 Å². The molecule has 0 atom stereocenters. The fourth-order valence-corrected chi connectivity index (χ4v) is 1.52. The summed E-state index contributed by atoms with van der Waals surface area (Å²) >= 11 is 0. The highest BCUT2D eigenvalue weighted by atomic mass is 16.1. The van der Waals surface area contributed by atoms with E-state index in [1.54, 1.807) is 0 Å². The second kappa shape index (κ2) is 6.05. The molecule has 90 valence electrons. The molecule has 0 aliphatic carbocycles. The number of anilines is 1. The van der Waals surface area contributed by atoms with Gasteiger partial charge in [-0.2, -0.15) is 5.26 Å². The molecule has 0 saturated heterocycles. The molecule has 1 rings (SSSR count). The molecule has 0 aromatic heterocycles. The van der Waals surface area contributed by atoms with E-state index < -0.39 is 0 Å². The summed E-state index contributed by atoms with van der Waals surface area (Å²) in [6.07, 6.45) is 0.511. The Hall–Kier alpha value is -1.82. The molecule has 0 aliphatic heterocycles. The smallest absolute Gasteiger partial charge is 0.225 e. The average molecular weight is 230 g/mol. The van der Waals surface area contributed by atoms with Crippen LogP contribution < -0.4 is 5.32 Å². The SMILES string of the molecule is Cc1ccc(C(C)C)cc1NC(=O)CCC#N. The summed E-state index contributed by atoms with van der Waals surface area (Å²) < 4.78 is 0. The zero-order chi connectivity index (χ0) is 12.8. The lowest BCUT2D eigenvalue weighted by atomic mass is 10.0. The summed E-state index contributed by atoms with van der Waals surface area (Å²) in [6.45, 7) is 6.20. The summed E-state index contributed by atoms with van der Waals surface area (Å²) in [5.41, 5.74) is 3.09. The lowest BCUT2D eigenvalue weighted by Crippen LogP contribution is -2.12. The fourth-order valence-electron chi connectivity index (χ4n) is 1.52. The van der Waals surface area contributed by atoms with Crippen LogP contribution in [0.15, 0.2) is 18.2 Å². The third-order valence-corrected chi connectivity index (χ3v) is 2.67. The van der Waals surface area contributed by atoms with Crippen molar-refractivity contribution >= 4 is 11.6 Å². The topological polar surface area (TPSA) is 52.9 Å². The Kier molecular flexibility index (Phi) is 4.71. The van der Waals surface area contributed by atoms with Gasteiger partial charge in [0.05, 0.1) is 6.07 Å². The summed E-state index contributed by atoms with van der Waals surface area (Å²) in [6, 6.07) is 8.06. The molecule has 0 bridgehead atoms. The van der Waals surface area contributed by atoms with Gasteiger partial charge in [0.1, 0.15) is 0 Å². The zero-order valence-corrected chi connectivity index (χ0v) is 10.6. The molecule has 0 unspecified atom stereocenters. The Morgan fingerprint density at radius 2 is 2.18 bits per heavy atom. The second-order valence-corrected chi connectivity index (χ2v) is 4.44. The molecule has 3 heteroatoms. The molecule has 3 nitrogen and oxygen atoms in total. The lowest BCUT2D eigenvalue weighted by Gasteiger charge is -2.12. The third-order valence-electron chi connectivity index (χ3n) is 2.67. The van der Waals surface area contributed by atoms with E-state index in [0.717, 1.165) is 11.3 Å². The average Bonchev–Trinajstić information content (AvgIpc) is 2.29. The third kappa shape index (κ3) is 3.92. The van der Waals surface area contributed by atoms with Crippen molar-refractivity contribution in [2.75, 3.05) is 5.32 Å². The van der Waals surface area contributed by atoms with Gasteiger partial charge in [0.25, 0.3) is 0 Å². The van der Waals surface area contributed by atoms with Crippen molar-refractivity contribution in [3.8, 4) is 6.07 Å². The standard InChI is InChI=1S/C14H18N2O/c1-10(2)12-7-6-11(3)13(9-12)16-14(17)5-4-8-15/h6-7,9-10H,4-5H2,1-3H3,(H,16,17). The van der Waals surface area contributed by atoms with Crippen LogP contribution in [0.5, 0.6) is 0 Å². The molecule has 0 saturated carbocycles. The van der Waals surface area contributed by atoms with Crippen molar-refractivity contribution in [2.45, 2.75) is 39.5 Å². The number of carbonyl (C=O) groups is 1. The van der Waals surface area contributed by atoms with Crippen LogP contribution in [-0.2, 0) is 4.79 Å². The summed E-state index contributed by atoms with van der Waals surface area (Å²) in [5, 5.41) is 11.3. The molecule has 0 aliphatic rings. The van der Waals surface area contributed by atoms with Gasteiger partial charge in [-0.3, -0.25) is 4.79 Å². The van der Waals surface area contributed by atoms with Gasteiger partial charge in [0.15, 0.2) is 0 Å². The molecule has 1 aromatic carbocycles. The predicted octanol–water partition coefficient (Wildman–Crippen LogP) is 3.36. The normalized spacial score (nSPS) is 10.1. The first kappa shape index (κ1) is 13.2. The maximum atomic E-state index is 11.5. The minimum Gasteiger partial charge on any atom is -0.326 e. The number of nitrogens with one attached hydrogen (secondary N) is 1. The molecule has 0 fully saturated rings. The number of nitrogens with zero attached hydrogens (tertiary/aromatic N) is 1. The number of hydrogen-bond acceptors (Lipinski definition) is 2. The molecular weight excluding hydrogens is 212 g/mol. The van der Waals surface area contributed by atoms with E-state index in [1.165, 1.54) is 5.56 Å². The second-order valence-electron chi connectivity index (χ2n) is 4.44. The van der Waals surface area contributed by atoms with E-state index in [2.05, 4.69) is 25.2 Å². The van der Waals surface area contributed by atoms with Crippen LogP contribution in [0.2, 0.25) is 0 Å². The van der Waals surface area contributed by atoms with Gasteiger partial charge in [0.2, 0.25) is 5.91 Å². The molecular formula is C14H18N2O. The highest BCUT2D eigenvalue weighted by Gasteiger charge is 2.07. The van der Waals surface area contributed by atoms with E-state index in [-0.39, 0.29) is 18.7 Å². The van der Waals surface area contributed by atoms with Crippen LogP contribution >= 0.6 is 0 Å². The number of hydrogen-bond donors (Lipinski definition) is 1. The van der Waals surface area contributed by atoms with E-state index in [4.69, 9.17) is 5.26 Å². The van der Waals surface area contributed by atoms with Crippen LogP contribution in [0.3, 0.4) is 0 Å². The zero-order valence-electron chi connectivity index (χ0n) is 10.6. The van der Waals surface area contributed by atoms with Gasteiger partial charge in [-0.05, 0) is 30.0 Å². The number of amides is 1. The first-order valence-electron chi connectivity index (χ1n) is 5.82. The van der Waals surface area contributed by atoms with Gasteiger partial charge < -0.3 is 5.32 Å². The lowest BCUT2D eigenvalue weighted by molar-refractivity contribution is -0.116. The van der Waals surface area contributed by atoms with Crippen molar-refractivity contribution in [1.29, 1.82) is 5.26 Å². The van der Waals surface area contributed by atoms with E-state index in [9.17, 15) is 4.79 Å². The minimum absolute atomic E-state index is 0.101. The largest absolute Gasteiger partial charge is 0.326 e. The molecule has 1 aromatic rings. The van der Waals surface area contributed by atoms with Crippen molar-refractivity contribution in [1.82, 2.24) is 0 Å². The van der Waals surface area contributed by atoms with E-state index in [1.807, 2.05) is 25.1 Å². The van der Waals surface area contributed by atoms with Gasteiger partial charge in [-0.15, -0.1) is 0 Å². The minimum atomic E-state index is -0.101. The van der Waals surface area contributed by atoms with E-state index in [0.29, 0.717) is 5.92 Å². The Morgan fingerprint density at radius 1 is 1.47 bits per heavy atom. The Morgan fingerprint density at radius 3 is 2.76 bits per heavy atom. The van der Waals surface area contributed by atoms with Crippen LogP contribution in [-0.4, -0.2) is 5.91 Å².